The predicted molar refractivity (Wildman–Crippen MR) is 99.8 cm³/mol. The van der Waals surface area contributed by atoms with E-state index >= 15 is 0 Å². The standard InChI is InChI=1S/C18H19N5O5/c1-21-15-14(16(25)22(2)18(21)28)23(10-19-15)9-8-12(24)20-13(17(26)27)11-6-4-3-5-7-11/h3-7,10,13H,8-9H2,1-2H3,(H,20,24)(H,26,27)/t13-/m1/s1. The lowest BCUT2D eigenvalue weighted by Crippen LogP contribution is -2.37. The Bertz CT molecular complexity index is 1160. The lowest BCUT2D eigenvalue weighted by Gasteiger charge is -2.15. The molecule has 0 aliphatic heterocycles. The zero-order valence-electron chi connectivity index (χ0n) is 15.3. The second-order valence-corrected chi connectivity index (χ2v) is 6.32. The molecule has 3 aromatic rings. The van der Waals surface area contributed by atoms with Gasteiger partial charge in [0.15, 0.2) is 17.2 Å². The number of aryl methyl sites for hydroxylation is 2. The number of carboxylic acid groups (broad SMARTS) is 1. The Kier molecular flexibility index (Phi) is 5.12. The van der Waals surface area contributed by atoms with Gasteiger partial charge < -0.3 is 15.0 Å². The van der Waals surface area contributed by atoms with E-state index in [0.29, 0.717) is 5.56 Å². The Hall–Kier alpha value is -3.69. The van der Waals surface area contributed by atoms with E-state index in [0.717, 1.165) is 4.57 Å². The van der Waals surface area contributed by atoms with Crippen LogP contribution in [0.15, 0.2) is 46.2 Å². The number of benzene rings is 1. The maximum atomic E-state index is 12.4. The van der Waals surface area contributed by atoms with E-state index in [-0.39, 0.29) is 24.1 Å². The number of aromatic nitrogens is 4. The molecular formula is C18H19N5O5. The number of hydrogen-bond acceptors (Lipinski definition) is 5. The first-order chi connectivity index (χ1) is 13.3. The highest BCUT2D eigenvalue weighted by Gasteiger charge is 2.22. The fraction of sp³-hybridized carbons (Fsp3) is 0.278. The van der Waals surface area contributed by atoms with Gasteiger partial charge in [0.1, 0.15) is 0 Å². The highest BCUT2D eigenvalue weighted by molar-refractivity contribution is 5.84. The average Bonchev–Trinajstić information content (AvgIpc) is 3.12. The minimum Gasteiger partial charge on any atom is -0.479 e. The molecule has 0 bridgehead atoms. The molecular weight excluding hydrogens is 366 g/mol. The number of fused-ring (bicyclic) bond motifs is 1. The van der Waals surface area contributed by atoms with Crippen LogP contribution in [0.4, 0.5) is 0 Å². The predicted octanol–water partition coefficient (Wildman–Crippen LogP) is -0.234. The molecule has 0 unspecified atom stereocenters. The van der Waals surface area contributed by atoms with Crippen molar-refractivity contribution in [3.8, 4) is 0 Å². The lowest BCUT2D eigenvalue weighted by molar-refractivity contribution is -0.142. The Morgan fingerprint density at radius 2 is 1.82 bits per heavy atom. The maximum absolute atomic E-state index is 12.4. The summed E-state index contributed by atoms with van der Waals surface area (Å²) in [5, 5.41) is 11.9. The van der Waals surface area contributed by atoms with Crippen molar-refractivity contribution in [1.29, 1.82) is 0 Å². The molecule has 0 fully saturated rings. The third-order valence-electron chi connectivity index (χ3n) is 4.48. The molecule has 2 aromatic heterocycles. The molecule has 0 aliphatic rings. The van der Waals surface area contributed by atoms with E-state index in [1.165, 1.54) is 29.6 Å². The smallest absolute Gasteiger partial charge is 0.332 e. The maximum Gasteiger partial charge on any atom is 0.332 e. The number of rotatable bonds is 6. The van der Waals surface area contributed by atoms with Gasteiger partial charge in [-0.25, -0.2) is 14.6 Å². The molecule has 2 heterocycles. The van der Waals surface area contributed by atoms with Crippen LogP contribution in [0.1, 0.15) is 18.0 Å². The molecule has 10 heteroatoms. The van der Waals surface area contributed by atoms with E-state index in [4.69, 9.17) is 0 Å². The van der Waals surface area contributed by atoms with Gasteiger partial charge in [0.2, 0.25) is 5.91 Å². The number of amides is 1. The van der Waals surface area contributed by atoms with Gasteiger partial charge in [-0.15, -0.1) is 0 Å². The van der Waals surface area contributed by atoms with Gasteiger partial charge in [-0.3, -0.25) is 18.7 Å². The SMILES string of the molecule is Cn1c(=O)c2c(ncn2CCC(=O)N[C@@H](C(=O)O)c2ccccc2)n(C)c1=O. The largest absolute Gasteiger partial charge is 0.479 e. The zero-order valence-corrected chi connectivity index (χ0v) is 15.3. The Morgan fingerprint density at radius 3 is 2.46 bits per heavy atom. The lowest BCUT2D eigenvalue weighted by atomic mass is 10.1. The van der Waals surface area contributed by atoms with Crippen LogP contribution in [-0.4, -0.2) is 35.7 Å². The van der Waals surface area contributed by atoms with Crippen molar-refractivity contribution in [2.75, 3.05) is 0 Å². The zero-order chi connectivity index (χ0) is 20.4. The van der Waals surface area contributed by atoms with E-state index in [9.17, 15) is 24.3 Å². The minimum atomic E-state index is -1.17. The minimum absolute atomic E-state index is 0.0614. The number of carbonyl (C=O) groups is 2. The summed E-state index contributed by atoms with van der Waals surface area (Å²) in [4.78, 5) is 52.2. The van der Waals surface area contributed by atoms with Gasteiger partial charge in [0.05, 0.1) is 6.33 Å². The first-order valence-corrected chi connectivity index (χ1v) is 8.49. The monoisotopic (exact) mass is 385 g/mol. The van der Waals surface area contributed by atoms with Crippen LogP contribution < -0.4 is 16.6 Å². The molecule has 0 saturated carbocycles. The van der Waals surface area contributed by atoms with Crippen molar-refractivity contribution in [3.63, 3.8) is 0 Å². The highest BCUT2D eigenvalue weighted by atomic mass is 16.4. The van der Waals surface area contributed by atoms with Crippen LogP contribution in [0.25, 0.3) is 11.2 Å². The summed E-state index contributed by atoms with van der Waals surface area (Å²) >= 11 is 0. The van der Waals surface area contributed by atoms with Crippen molar-refractivity contribution in [2.24, 2.45) is 14.1 Å². The molecule has 28 heavy (non-hydrogen) atoms. The molecule has 0 aliphatic carbocycles. The van der Waals surface area contributed by atoms with Gasteiger partial charge in [0, 0.05) is 27.1 Å². The van der Waals surface area contributed by atoms with Crippen molar-refractivity contribution < 1.29 is 14.7 Å². The number of nitrogens with one attached hydrogen (secondary N) is 1. The first kappa shape index (κ1) is 19.1. The van der Waals surface area contributed by atoms with Crippen molar-refractivity contribution in [3.05, 3.63) is 63.1 Å². The summed E-state index contributed by atoms with van der Waals surface area (Å²) in [6, 6.07) is 7.20. The van der Waals surface area contributed by atoms with E-state index in [2.05, 4.69) is 10.3 Å². The van der Waals surface area contributed by atoms with Crippen LogP contribution in [0.2, 0.25) is 0 Å². The fourth-order valence-electron chi connectivity index (χ4n) is 2.95. The van der Waals surface area contributed by atoms with E-state index in [1.54, 1.807) is 30.3 Å². The second kappa shape index (κ2) is 7.51. The van der Waals surface area contributed by atoms with Gasteiger partial charge in [-0.1, -0.05) is 30.3 Å². The second-order valence-electron chi connectivity index (χ2n) is 6.32. The van der Waals surface area contributed by atoms with Crippen molar-refractivity contribution in [1.82, 2.24) is 24.0 Å². The molecule has 3 rings (SSSR count). The van der Waals surface area contributed by atoms with Crippen LogP contribution in [0, 0.1) is 0 Å². The summed E-state index contributed by atoms with van der Waals surface area (Å²) in [6.07, 6.45) is 1.32. The van der Waals surface area contributed by atoms with Gasteiger partial charge >= 0.3 is 11.7 Å². The summed E-state index contributed by atoms with van der Waals surface area (Å²) in [5.41, 5.74) is -0.117. The first-order valence-electron chi connectivity index (χ1n) is 8.49. The Morgan fingerprint density at radius 1 is 1.14 bits per heavy atom. The molecule has 0 radical (unpaired) electrons. The number of hydrogen-bond donors (Lipinski definition) is 2. The van der Waals surface area contributed by atoms with E-state index < -0.39 is 29.2 Å². The van der Waals surface area contributed by atoms with E-state index in [1.807, 2.05) is 0 Å². The normalized spacial score (nSPS) is 12.1. The molecule has 2 N–H and O–H groups in total. The molecule has 0 spiro atoms. The fourth-order valence-corrected chi connectivity index (χ4v) is 2.95. The van der Waals surface area contributed by atoms with Crippen molar-refractivity contribution in [2.45, 2.75) is 19.0 Å². The summed E-state index contributed by atoms with van der Waals surface area (Å²) in [7, 11) is 2.87. The topological polar surface area (TPSA) is 128 Å². The number of carboxylic acids is 1. The highest BCUT2D eigenvalue weighted by Crippen LogP contribution is 2.13. The quantitative estimate of drug-likeness (QED) is 0.603. The third-order valence-corrected chi connectivity index (χ3v) is 4.48. The van der Waals surface area contributed by atoms with Crippen molar-refractivity contribution >= 4 is 23.0 Å². The summed E-state index contributed by atoms with van der Waals surface area (Å²) in [5.74, 6) is -1.66. The van der Waals surface area contributed by atoms with Crippen LogP contribution in [0.3, 0.4) is 0 Å². The van der Waals surface area contributed by atoms with Crippen LogP contribution in [0.5, 0.6) is 0 Å². The number of nitrogens with zero attached hydrogens (tertiary/aromatic N) is 4. The van der Waals surface area contributed by atoms with Gasteiger partial charge in [0.25, 0.3) is 5.56 Å². The Balaban J connectivity index is 1.79. The molecule has 146 valence electrons. The number of aliphatic carboxylic acids is 1. The summed E-state index contributed by atoms with van der Waals surface area (Å²) < 4.78 is 3.70. The molecule has 1 atom stereocenters. The van der Waals surface area contributed by atoms with Crippen LogP contribution in [-0.2, 0) is 30.2 Å². The summed E-state index contributed by atoms with van der Waals surface area (Å²) in [6.45, 7) is 0.108. The van der Waals surface area contributed by atoms with Crippen LogP contribution >= 0.6 is 0 Å². The molecule has 10 nitrogen and oxygen atoms in total. The average molecular weight is 385 g/mol. The molecule has 1 aromatic carbocycles. The van der Waals surface area contributed by atoms with Gasteiger partial charge in [-0.05, 0) is 5.56 Å². The number of carbonyl (C=O) groups excluding carboxylic acids is 1. The Labute approximate surface area is 158 Å². The number of imidazole rings is 1. The van der Waals surface area contributed by atoms with Gasteiger partial charge in [-0.2, -0.15) is 0 Å². The molecule has 0 saturated heterocycles. The molecule has 1 amide bonds. The third kappa shape index (κ3) is 3.43.